The Morgan fingerprint density at radius 1 is 1.60 bits per heavy atom. The molecule has 0 spiro atoms. The molecular formula is C10H12N2O3. The monoisotopic (exact) mass is 208 g/mol. The Morgan fingerprint density at radius 3 is 2.73 bits per heavy atom. The summed E-state index contributed by atoms with van der Waals surface area (Å²) >= 11 is 0. The van der Waals surface area contributed by atoms with Crippen LogP contribution in [0.1, 0.15) is 17.0 Å². The molecule has 0 aromatic heterocycles. The average molecular weight is 208 g/mol. The Hall–Kier alpha value is -1.91. The lowest BCUT2D eigenvalue weighted by Crippen LogP contribution is -2.27. The molecule has 0 aliphatic heterocycles. The molecule has 5 heteroatoms. The lowest BCUT2D eigenvalue weighted by Gasteiger charge is -2.09. The first kappa shape index (κ1) is 11.2. The number of benzene rings is 1. The molecule has 0 bridgehead atoms. The van der Waals surface area contributed by atoms with Crippen LogP contribution < -0.4 is 5.73 Å². The van der Waals surface area contributed by atoms with Crippen molar-refractivity contribution < 1.29 is 9.72 Å². The van der Waals surface area contributed by atoms with Crippen molar-refractivity contribution in [2.75, 3.05) is 6.54 Å². The normalized spacial score (nSPS) is 12.1. The van der Waals surface area contributed by atoms with Crippen molar-refractivity contribution in [1.82, 2.24) is 0 Å². The van der Waals surface area contributed by atoms with Crippen LogP contribution in [0.3, 0.4) is 0 Å². The SMILES string of the molecule is Cc1cccc([C@H](C[N+](=O)[O-])C(N)=O)c1. The first-order valence-corrected chi connectivity index (χ1v) is 4.48. The molecule has 5 nitrogen and oxygen atoms in total. The molecule has 1 aromatic carbocycles. The summed E-state index contributed by atoms with van der Waals surface area (Å²) in [7, 11) is 0. The molecule has 1 rings (SSSR count). The predicted molar refractivity (Wildman–Crippen MR) is 55.0 cm³/mol. The predicted octanol–water partition coefficient (Wildman–Crippen LogP) is 0.841. The minimum atomic E-state index is -0.847. The fraction of sp³-hybridized carbons (Fsp3) is 0.300. The molecule has 15 heavy (non-hydrogen) atoms. The van der Waals surface area contributed by atoms with Crippen LogP contribution in [0.2, 0.25) is 0 Å². The molecule has 2 N–H and O–H groups in total. The topological polar surface area (TPSA) is 86.2 Å². The van der Waals surface area contributed by atoms with Crippen LogP contribution in [0.25, 0.3) is 0 Å². The molecule has 0 heterocycles. The summed E-state index contributed by atoms with van der Waals surface area (Å²) in [6.45, 7) is 1.40. The van der Waals surface area contributed by atoms with E-state index in [9.17, 15) is 14.9 Å². The van der Waals surface area contributed by atoms with E-state index in [1.165, 1.54) is 0 Å². The smallest absolute Gasteiger partial charge is 0.231 e. The van der Waals surface area contributed by atoms with Crippen molar-refractivity contribution in [3.05, 3.63) is 45.5 Å². The third kappa shape index (κ3) is 3.05. The van der Waals surface area contributed by atoms with E-state index >= 15 is 0 Å². The van der Waals surface area contributed by atoms with Gasteiger partial charge in [-0.3, -0.25) is 14.9 Å². The number of amides is 1. The van der Waals surface area contributed by atoms with Crippen LogP contribution in [-0.2, 0) is 4.79 Å². The Bertz CT molecular complexity index is 390. The molecule has 0 saturated heterocycles. The lowest BCUT2D eigenvalue weighted by atomic mass is 9.97. The first-order valence-electron chi connectivity index (χ1n) is 4.48. The number of nitro groups is 1. The molecule has 0 radical (unpaired) electrons. The standard InChI is InChI=1S/C10H12N2O3/c1-7-3-2-4-8(5-7)9(10(11)13)6-12(14)15/h2-5,9H,6H2,1H3,(H2,11,13)/t9-/m0/s1. The van der Waals surface area contributed by atoms with Crippen molar-refractivity contribution >= 4 is 5.91 Å². The maximum absolute atomic E-state index is 11.1. The molecule has 1 atom stereocenters. The molecule has 0 unspecified atom stereocenters. The fourth-order valence-electron chi connectivity index (χ4n) is 1.40. The maximum atomic E-state index is 11.1. The van der Waals surface area contributed by atoms with Crippen molar-refractivity contribution in [2.24, 2.45) is 5.73 Å². The third-order valence-corrected chi connectivity index (χ3v) is 2.12. The minimum absolute atomic E-state index is 0.460. The molecule has 0 fully saturated rings. The highest BCUT2D eigenvalue weighted by Gasteiger charge is 2.23. The zero-order valence-corrected chi connectivity index (χ0v) is 8.34. The molecule has 1 amide bonds. The first-order chi connectivity index (χ1) is 7.00. The van der Waals surface area contributed by atoms with Gasteiger partial charge >= 0.3 is 0 Å². The highest BCUT2D eigenvalue weighted by Crippen LogP contribution is 2.16. The van der Waals surface area contributed by atoms with Gasteiger partial charge in [0.2, 0.25) is 12.5 Å². The van der Waals surface area contributed by atoms with Crippen LogP contribution in [0.15, 0.2) is 24.3 Å². The van der Waals surface area contributed by atoms with E-state index in [4.69, 9.17) is 5.73 Å². The number of rotatable bonds is 4. The Morgan fingerprint density at radius 2 is 2.27 bits per heavy atom. The van der Waals surface area contributed by atoms with Gasteiger partial charge in [0, 0.05) is 4.92 Å². The van der Waals surface area contributed by atoms with E-state index in [2.05, 4.69) is 0 Å². The molecule has 0 aliphatic rings. The van der Waals surface area contributed by atoms with Crippen molar-refractivity contribution in [3.63, 3.8) is 0 Å². The largest absolute Gasteiger partial charge is 0.369 e. The van der Waals surface area contributed by atoms with E-state index < -0.39 is 23.3 Å². The summed E-state index contributed by atoms with van der Waals surface area (Å²) in [5.74, 6) is -1.52. The van der Waals surface area contributed by atoms with Crippen LogP contribution in [-0.4, -0.2) is 17.4 Å². The average Bonchev–Trinajstić information content (AvgIpc) is 2.13. The molecule has 80 valence electrons. The molecule has 1 aromatic rings. The highest BCUT2D eigenvalue weighted by atomic mass is 16.6. The number of carbonyl (C=O) groups is 1. The second kappa shape index (κ2) is 4.54. The second-order valence-corrected chi connectivity index (χ2v) is 3.38. The molecule has 0 saturated carbocycles. The van der Waals surface area contributed by atoms with E-state index in [0.29, 0.717) is 5.56 Å². The van der Waals surface area contributed by atoms with Gasteiger partial charge in [-0.2, -0.15) is 0 Å². The van der Waals surface area contributed by atoms with Crippen molar-refractivity contribution in [3.8, 4) is 0 Å². The van der Waals surface area contributed by atoms with Gasteiger partial charge in [-0.15, -0.1) is 0 Å². The van der Waals surface area contributed by atoms with Gasteiger partial charge in [0.05, 0.1) is 0 Å². The number of nitrogens with zero attached hydrogens (tertiary/aromatic N) is 1. The van der Waals surface area contributed by atoms with Crippen molar-refractivity contribution in [1.29, 1.82) is 0 Å². The van der Waals surface area contributed by atoms with E-state index in [0.717, 1.165) is 5.56 Å². The Balaban J connectivity index is 2.98. The number of hydrogen-bond acceptors (Lipinski definition) is 3. The second-order valence-electron chi connectivity index (χ2n) is 3.38. The minimum Gasteiger partial charge on any atom is -0.369 e. The third-order valence-electron chi connectivity index (χ3n) is 2.12. The van der Waals surface area contributed by atoms with Crippen molar-refractivity contribution in [2.45, 2.75) is 12.8 Å². The number of carbonyl (C=O) groups excluding carboxylic acids is 1. The summed E-state index contributed by atoms with van der Waals surface area (Å²) in [5, 5.41) is 10.4. The lowest BCUT2D eigenvalue weighted by molar-refractivity contribution is -0.481. The summed E-state index contributed by atoms with van der Waals surface area (Å²) < 4.78 is 0. The Kier molecular flexibility index (Phi) is 3.38. The number of hydrogen-bond donors (Lipinski definition) is 1. The summed E-state index contributed by atoms with van der Waals surface area (Å²) in [5.41, 5.74) is 6.67. The van der Waals surface area contributed by atoms with E-state index in [-0.39, 0.29) is 0 Å². The van der Waals surface area contributed by atoms with Gasteiger partial charge in [-0.25, -0.2) is 0 Å². The Labute approximate surface area is 87.0 Å². The van der Waals surface area contributed by atoms with Crippen LogP contribution in [0.5, 0.6) is 0 Å². The van der Waals surface area contributed by atoms with Gasteiger partial charge in [-0.1, -0.05) is 29.8 Å². The van der Waals surface area contributed by atoms with Gasteiger partial charge in [0.1, 0.15) is 5.92 Å². The maximum Gasteiger partial charge on any atom is 0.231 e. The van der Waals surface area contributed by atoms with Gasteiger partial charge in [0.25, 0.3) is 0 Å². The number of aryl methyl sites for hydroxylation is 1. The zero-order chi connectivity index (χ0) is 11.4. The highest BCUT2D eigenvalue weighted by molar-refractivity contribution is 5.82. The van der Waals surface area contributed by atoms with Gasteiger partial charge in [0.15, 0.2) is 0 Å². The van der Waals surface area contributed by atoms with Crippen LogP contribution >= 0.6 is 0 Å². The van der Waals surface area contributed by atoms with Crippen LogP contribution in [0, 0.1) is 17.0 Å². The van der Waals surface area contributed by atoms with Gasteiger partial charge in [-0.05, 0) is 12.5 Å². The molecule has 0 aliphatic carbocycles. The van der Waals surface area contributed by atoms with E-state index in [1.54, 1.807) is 18.2 Å². The van der Waals surface area contributed by atoms with Crippen LogP contribution in [0.4, 0.5) is 0 Å². The molecular weight excluding hydrogens is 196 g/mol. The van der Waals surface area contributed by atoms with Gasteiger partial charge < -0.3 is 5.73 Å². The summed E-state index contributed by atoms with van der Waals surface area (Å²) in [6.07, 6.45) is 0. The number of nitrogens with two attached hydrogens (primary N) is 1. The quantitative estimate of drug-likeness (QED) is 0.587. The van der Waals surface area contributed by atoms with E-state index in [1.807, 2.05) is 13.0 Å². The summed E-state index contributed by atoms with van der Waals surface area (Å²) in [4.78, 5) is 20.9. The fourth-order valence-corrected chi connectivity index (χ4v) is 1.40. The number of primary amides is 1. The summed E-state index contributed by atoms with van der Waals surface area (Å²) in [6, 6.07) is 7.01. The zero-order valence-electron chi connectivity index (χ0n) is 8.34.